The normalized spacial score (nSPS) is 9.71. The highest BCUT2D eigenvalue weighted by Crippen LogP contribution is 2.29. The number of rotatable bonds is 6. The van der Waals surface area contributed by atoms with Gasteiger partial charge >= 0.3 is 0 Å². The molecule has 0 aliphatic rings. The largest absolute Gasteiger partial charge is 0.336 e. The highest BCUT2D eigenvalue weighted by Gasteiger charge is 2.14. The van der Waals surface area contributed by atoms with Gasteiger partial charge in [0.1, 0.15) is 0 Å². The van der Waals surface area contributed by atoms with Crippen LogP contribution >= 0.6 is 35.6 Å². The van der Waals surface area contributed by atoms with Crippen molar-refractivity contribution in [1.82, 2.24) is 10.2 Å². The molecule has 0 fully saturated rings. The molecule has 5 nitrogen and oxygen atoms in total. The van der Waals surface area contributed by atoms with Crippen molar-refractivity contribution in [2.24, 2.45) is 0 Å². The van der Waals surface area contributed by atoms with Crippen molar-refractivity contribution in [3.63, 3.8) is 0 Å². The fourth-order valence-corrected chi connectivity index (χ4v) is 2.01. The predicted molar refractivity (Wildman–Crippen MR) is 88.5 cm³/mol. The highest BCUT2D eigenvalue weighted by molar-refractivity contribution is 6.39. The van der Waals surface area contributed by atoms with Gasteiger partial charge in [-0.05, 0) is 19.2 Å². The van der Waals surface area contributed by atoms with E-state index in [1.807, 2.05) is 0 Å². The number of amides is 2. The second-order valence-corrected chi connectivity index (χ2v) is 5.06. The number of para-hydroxylation sites is 1. The fourth-order valence-electron chi connectivity index (χ4n) is 1.52. The number of carbonyl (C=O) groups excluding carboxylic acids is 2. The smallest absolute Gasteiger partial charge is 0.244 e. The third kappa shape index (κ3) is 6.52. The second kappa shape index (κ2) is 9.84. The lowest BCUT2D eigenvalue weighted by Crippen LogP contribution is -2.36. The molecule has 2 amide bonds. The first-order chi connectivity index (χ1) is 9.45. The molecule has 0 atom stereocenters. The van der Waals surface area contributed by atoms with Gasteiger partial charge in [-0.2, -0.15) is 0 Å². The lowest BCUT2D eigenvalue weighted by molar-refractivity contribution is -0.133. The molecule has 1 aromatic rings. The molecule has 1 rings (SSSR count). The second-order valence-electron chi connectivity index (χ2n) is 4.25. The molecule has 0 saturated carbocycles. The van der Waals surface area contributed by atoms with Crippen LogP contribution in [-0.4, -0.2) is 43.9 Å². The number of anilines is 1. The van der Waals surface area contributed by atoms with Crippen LogP contribution in [0.4, 0.5) is 5.69 Å². The topological polar surface area (TPSA) is 61.4 Å². The molecular weight excluding hydrogens is 337 g/mol. The minimum absolute atomic E-state index is 0. The standard InChI is InChI=1S/C13H17Cl2N3O2.ClH/c1-16-7-6-12(20)18(2)8-11(19)17-13-9(14)4-3-5-10(13)15;/h3-5,16H,6-8H2,1-2H3,(H,17,19);1H. The van der Waals surface area contributed by atoms with Crippen LogP contribution in [0.15, 0.2) is 18.2 Å². The summed E-state index contributed by atoms with van der Waals surface area (Å²) in [6, 6.07) is 4.95. The Morgan fingerprint density at radius 2 is 1.81 bits per heavy atom. The SMILES string of the molecule is CNCCC(=O)N(C)CC(=O)Nc1c(Cl)cccc1Cl.Cl. The van der Waals surface area contributed by atoms with Crippen LogP contribution < -0.4 is 10.6 Å². The monoisotopic (exact) mass is 353 g/mol. The first-order valence-electron chi connectivity index (χ1n) is 6.08. The van der Waals surface area contributed by atoms with E-state index in [-0.39, 0.29) is 30.8 Å². The van der Waals surface area contributed by atoms with Crippen molar-refractivity contribution in [2.75, 3.05) is 32.5 Å². The predicted octanol–water partition coefficient (Wildman–Crippen LogP) is 2.42. The summed E-state index contributed by atoms with van der Waals surface area (Å²) in [5.41, 5.74) is 0.358. The maximum Gasteiger partial charge on any atom is 0.244 e. The Morgan fingerprint density at radius 1 is 1.24 bits per heavy atom. The zero-order chi connectivity index (χ0) is 15.1. The van der Waals surface area contributed by atoms with Gasteiger partial charge in [-0.1, -0.05) is 29.3 Å². The number of halogens is 3. The van der Waals surface area contributed by atoms with Crippen molar-refractivity contribution in [3.8, 4) is 0 Å². The summed E-state index contributed by atoms with van der Waals surface area (Å²) in [6.45, 7) is 0.519. The zero-order valence-corrected chi connectivity index (χ0v) is 14.1. The number of likely N-dealkylation sites (N-methyl/N-ethyl adjacent to an activating group) is 1. The molecular formula is C13H18Cl3N3O2. The summed E-state index contributed by atoms with van der Waals surface area (Å²) in [6.07, 6.45) is 0.340. The van der Waals surface area contributed by atoms with Gasteiger partial charge in [0.25, 0.3) is 0 Å². The number of benzene rings is 1. The van der Waals surface area contributed by atoms with Gasteiger partial charge in [0, 0.05) is 20.0 Å². The summed E-state index contributed by atoms with van der Waals surface area (Å²) < 4.78 is 0. The van der Waals surface area contributed by atoms with E-state index in [2.05, 4.69) is 10.6 Å². The molecule has 1 aromatic carbocycles. The van der Waals surface area contributed by atoms with Crippen LogP contribution in [0.3, 0.4) is 0 Å². The van der Waals surface area contributed by atoms with Crippen LogP contribution in [0.1, 0.15) is 6.42 Å². The third-order valence-electron chi connectivity index (χ3n) is 2.62. The molecule has 0 radical (unpaired) electrons. The summed E-state index contributed by atoms with van der Waals surface area (Å²) >= 11 is 11.9. The Morgan fingerprint density at radius 3 is 2.33 bits per heavy atom. The van der Waals surface area contributed by atoms with Gasteiger partial charge in [0.15, 0.2) is 0 Å². The van der Waals surface area contributed by atoms with E-state index in [1.54, 1.807) is 32.3 Å². The summed E-state index contributed by atoms with van der Waals surface area (Å²) in [5, 5.41) is 6.20. The molecule has 8 heteroatoms. The number of carbonyl (C=O) groups is 2. The van der Waals surface area contributed by atoms with Crippen LogP contribution in [0.25, 0.3) is 0 Å². The quantitative estimate of drug-likeness (QED) is 0.825. The van der Waals surface area contributed by atoms with E-state index in [9.17, 15) is 9.59 Å². The molecule has 0 bridgehead atoms. The van der Waals surface area contributed by atoms with Crippen LogP contribution in [0, 0.1) is 0 Å². The Kier molecular flexibility index (Phi) is 9.37. The van der Waals surface area contributed by atoms with Crippen molar-refractivity contribution >= 4 is 53.1 Å². The molecule has 0 aliphatic heterocycles. The fraction of sp³-hybridized carbons (Fsp3) is 0.385. The first-order valence-corrected chi connectivity index (χ1v) is 6.83. The summed E-state index contributed by atoms with van der Waals surface area (Å²) in [5.74, 6) is -0.458. The molecule has 0 aromatic heterocycles. The van der Waals surface area contributed by atoms with E-state index < -0.39 is 0 Å². The van der Waals surface area contributed by atoms with Crippen molar-refractivity contribution in [1.29, 1.82) is 0 Å². The lowest BCUT2D eigenvalue weighted by Gasteiger charge is -2.17. The van der Waals surface area contributed by atoms with E-state index in [1.165, 1.54) is 4.90 Å². The number of hydrogen-bond donors (Lipinski definition) is 2. The molecule has 2 N–H and O–H groups in total. The zero-order valence-electron chi connectivity index (χ0n) is 11.8. The lowest BCUT2D eigenvalue weighted by atomic mass is 10.3. The van der Waals surface area contributed by atoms with Gasteiger partial charge in [-0.25, -0.2) is 0 Å². The number of nitrogens with zero attached hydrogens (tertiary/aromatic N) is 1. The van der Waals surface area contributed by atoms with Crippen LogP contribution in [0.5, 0.6) is 0 Å². The van der Waals surface area contributed by atoms with Gasteiger partial charge < -0.3 is 15.5 Å². The Bertz CT molecular complexity index is 477. The van der Waals surface area contributed by atoms with Crippen molar-refractivity contribution < 1.29 is 9.59 Å². The van der Waals surface area contributed by atoms with E-state index in [4.69, 9.17) is 23.2 Å². The van der Waals surface area contributed by atoms with E-state index in [0.717, 1.165) is 0 Å². The van der Waals surface area contributed by atoms with E-state index in [0.29, 0.717) is 28.7 Å². The molecule has 21 heavy (non-hydrogen) atoms. The Hall–Kier alpha value is -1.01. The van der Waals surface area contributed by atoms with E-state index >= 15 is 0 Å². The molecule has 0 spiro atoms. The van der Waals surface area contributed by atoms with Gasteiger partial charge in [0.2, 0.25) is 11.8 Å². The van der Waals surface area contributed by atoms with Crippen LogP contribution in [0.2, 0.25) is 10.0 Å². The average Bonchev–Trinajstić information content (AvgIpc) is 2.40. The van der Waals surface area contributed by atoms with Gasteiger partial charge in [-0.3, -0.25) is 9.59 Å². The van der Waals surface area contributed by atoms with Gasteiger partial charge in [0.05, 0.1) is 22.3 Å². The van der Waals surface area contributed by atoms with Gasteiger partial charge in [-0.15, -0.1) is 12.4 Å². The molecule has 118 valence electrons. The highest BCUT2D eigenvalue weighted by atomic mass is 35.5. The first kappa shape index (κ1) is 20.0. The van der Waals surface area contributed by atoms with Crippen molar-refractivity contribution in [2.45, 2.75) is 6.42 Å². The number of hydrogen-bond acceptors (Lipinski definition) is 3. The molecule has 0 unspecified atom stereocenters. The maximum absolute atomic E-state index is 11.9. The van der Waals surface area contributed by atoms with Crippen molar-refractivity contribution in [3.05, 3.63) is 28.2 Å². The minimum atomic E-state index is -0.347. The minimum Gasteiger partial charge on any atom is -0.336 e. The molecule has 0 aliphatic carbocycles. The summed E-state index contributed by atoms with van der Waals surface area (Å²) in [7, 11) is 3.34. The average molecular weight is 355 g/mol. The maximum atomic E-state index is 11.9. The third-order valence-corrected chi connectivity index (χ3v) is 3.25. The Balaban J connectivity index is 0.00000400. The molecule has 0 saturated heterocycles. The summed E-state index contributed by atoms with van der Waals surface area (Å²) in [4.78, 5) is 24.9. The Labute approximate surface area is 140 Å². The molecule has 0 heterocycles. The van der Waals surface area contributed by atoms with Crippen LogP contribution in [-0.2, 0) is 9.59 Å². The number of nitrogens with one attached hydrogen (secondary N) is 2.